The summed E-state index contributed by atoms with van der Waals surface area (Å²) in [5.74, 6) is -0.720. The first kappa shape index (κ1) is 20.0. The van der Waals surface area contributed by atoms with Gasteiger partial charge in [0.2, 0.25) is 5.91 Å². The van der Waals surface area contributed by atoms with E-state index in [4.69, 9.17) is 0 Å². The SMILES string of the molecule is CC(=O)Nc1cccc(Nc2ccnc(C(=O)NCCc3ccc(F)cc3)c2)c1. The number of benzene rings is 2. The molecule has 6 nitrogen and oxygen atoms in total. The fourth-order valence-electron chi connectivity index (χ4n) is 2.74. The number of carbonyl (C=O) groups excluding carboxylic acids is 2. The van der Waals surface area contributed by atoms with Crippen LogP contribution in [0, 0.1) is 5.82 Å². The Balaban J connectivity index is 1.59. The maximum absolute atomic E-state index is 12.9. The van der Waals surface area contributed by atoms with E-state index >= 15 is 0 Å². The molecule has 3 rings (SSSR count). The Kier molecular flexibility index (Phi) is 6.52. The zero-order valence-electron chi connectivity index (χ0n) is 15.9. The van der Waals surface area contributed by atoms with Crippen LogP contribution in [0.2, 0.25) is 0 Å². The standard InChI is InChI=1S/C22H21FN4O2/c1-15(28)26-18-3-2-4-19(13-18)27-20-10-12-24-21(14-20)22(29)25-11-9-16-5-7-17(23)8-6-16/h2-8,10,12-14H,9,11H2,1H3,(H,24,27)(H,25,29)(H,26,28). The van der Waals surface area contributed by atoms with Gasteiger partial charge in [-0.05, 0) is 54.4 Å². The lowest BCUT2D eigenvalue weighted by Gasteiger charge is -2.10. The summed E-state index contributed by atoms with van der Waals surface area (Å²) in [5.41, 5.74) is 3.37. The minimum atomic E-state index is -0.289. The molecule has 148 valence electrons. The first-order valence-corrected chi connectivity index (χ1v) is 9.13. The average molecular weight is 392 g/mol. The van der Waals surface area contributed by atoms with Crippen LogP contribution in [-0.4, -0.2) is 23.3 Å². The number of carbonyl (C=O) groups is 2. The van der Waals surface area contributed by atoms with Crippen molar-refractivity contribution in [1.82, 2.24) is 10.3 Å². The van der Waals surface area contributed by atoms with E-state index in [9.17, 15) is 14.0 Å². The van der Waals surface area contributed by atoms with Crippen molar-refractivity contribution in [2.45, 2.75) is 13.3 Å². The molecule has 0 spiro atoms. The number of nitrogens with zero attached hydrogens (tertiary/aromatic N) is 1. The van der Waals surface area contributed by atoms with Crippen molar-refractivity contribution in [1.29, 1.82) is 0 Å². The molecule has 0 saturated heterocycles. The third-order valence-electron chi connectivity index (χ3n) is 4.08. The summed E-state index contributed by atoms with van der Waals surface area (Å²) in [7, 11) is 0. The molecule has 2 aromatic carbocycles. The van der Waals surface area contributed by atoms with Crippen molar-refractivity contribution in [2.75, 3.05) is 17.2 Å². The molecule has 0 aliphatic carbocycles. The molecule has 1 aromatic heterocycles. The van der Waals surface area contributed by atoms with Crippen LogP contribution in [0.25, 0.3) is 0 Å². The molecule has 0 unspecified atom stereocenters. The van der Waals surface area contributed by atoms with Crippen molar-refractivity contribution in [3.8, 4) is 0 Å². The molecule has 0 saturated carbocycles. The second kappa shape index (κ2) is 9.45. The van der Waals surface area contributed by atoms with E-state index in [1.807, 2.05) is 12.1 Å². The van der Waals surface area contributed by atoms with Gasteiger partial charge in [-0.1, -0.05) is 18.2 Å². The van der Waals surface area contributed by atoms with Crippen LogP contribution in [0.5, 0.6) is 0 Å². The first-order valence-electron chi connectivity index (χ1n) is 9.13. The van der Waals surface area contributed by atoms with Gasteiger partial charge >= 0.3 is 0 Å². The Morgan fingerprint density at radius 2 is 1.69 bits per heavy atom. The van der Waals surface area contributed by atoms with Crippen LogP contribution in [0.15, 0.2) is 66.9 Å². The zero-order valence-corrected chi connectivity index (χ0v) is 15.9. The molecule has 1 heterocycles. The predicted octanol–water partition coefficient (Wildman–Crippen LogP) is 3.90. The van der Waals surface area contributed by atoms with E-state index in [1.54, 1.807) is 42.6 Å². The summed E-state index contributed by atoms with van der Waals surface area (Å²) in [6.07, 6.45) is 2.15. The molecule has 0 radical (unpaired) electrons. The molecule has 0 atom stereocenters. The minimum absolute atomic E-state index is 0.148. The summed E-state index contributed by atoms with van der Waals surface area (Å²) >= 11 is 0. The highest BCUT2D eigenvalue weighted by Crippen LogP contribution is 2.20. The second-order valence-electron chi connectivity index (χ2n) is 6.45. The monoisotopic (exact) mass is 392 g/mol. The number of hydrogen-bond acceptors (Lipinski definition) is 4. The number of anilines is 3. The lowest BCUT2D eigenvalue weighted by Crippen LogP contribution is -2.26. The molecule has 2 amide bonds. The van der Waals surface area contributed by atoms with Crippen molar-refractivity contribution >= 4 is 28.9 Å². The van der Waals surface area contributed by atoms with E-state index in [0.29, 0.717) is 24.3 Å². The number of rotatable bonds is 7. The molecule has 0 aliphatic rings. The molecule has 3 aromatic rings. The third kappa shape index (κ3) is 6.14. The molecule has 29 heavy (non-hydrogen) atoms. The normalized spacial score (nSPS) is 10.3. The highest BCUT2D eigenvalue weighted by Gasteiger charge is 2.08. The highest BCUT2D eigenvalue weighted by atomic mass is 19.1. The second-order valence-corrected chi connectivity index (χ2v) is 6.45. The fraction of sp³-hybridized carbons (Fsp3) is 0.136. The number of halogens is 1. The summed E-state index contributed by atoms with van der Waals surface area (Å²) in [5, 5.41) is 8.73. The Morgan fingerprint density at radius 1 is 0.966 bits per heavy atom. The first-order chi connectivity index (χ1) is 14.0. The van der Waals surface area contributed by atoms with E-state index in [1.165, 1.54) is 19.1 Å². The number of aromatic nitrogens is 1. The predicted molar refractivity (Wildman–Crippen MR) is 111 cm³/mol. The van der Waals surface area contributed by atoms with Crippen LogP contribution in [0.3, 0.4) is 0 Å². The number of pyridine rings is 1. The summed E-state index contributed by atoms with van der Waals surface area (Å²) in [4.78, 5) is 27.7. The molecule has 3 N–H and O–H groups in total. The molecule has 0 fully saturated rings. The number of hydrogen-bond donors (Lipinski definition) is 3. The quantitative estimate of drug-likeness (QED) is 0.570. The minimum Gasteiger partial charge on any atom is -0.355 e. The van der Waals surface area contributed by atoms with Crippen LogP contribution in [0.1, 0.15) is 23.0 Å². The Labute approximate surface area is 168 Å². The maximum Gasteiger partial charge on any atom is 0.269 e. The largest absolute Gasteiger partial charge is 0.355 e. The van der Waals surface area contributed by atoms with Crippen molar-refractivity contribution in [3.05, 3.63) is 83.9 Å². The van der Waals surface area contributed by atoms with Gasteiger partial charge in [-0.25, -0.2) is 4.39 Å². The van der Waals surface area contributed by atoms with Crippen LogP contribution < -0.4 is 16.0 Å². The van der Waals surface area contributed by atoms with Gasteiger partial charge in [0, 0.05) is 36.7 Å². The summed E-state index contributed by atoms with van der Waals surface area (Å²) < 4.78 is 12.9. The van der Waals surface area contributed by atoms with Crippen LogP contribution in [-0.2, 0) is 11.2 Å². The van der Waals surface area contributed by atoms with Gasteiger partial charge in [0.05, 0.1) is 0 Å². The van der Waals surface area contributed by atoms with E-state index in [0.717, 1.165) is 11.3 Å². The summed E-state index contributed by atoms with van der Waals surface area (Å²) in [6.45, 7) is 1.87. The van der Waals surface area contributed by atoms with E-state index in [2.05, 4.69) is 20.9 Å². The van der Waals surface area contributed by atoms with Gasteiger partial charge in [-0.15, -0.1) is 0 Å². The third-order valence-corrected chi connectivity index (χ3v) is 4.08. The lowest BCUT2D eigenvalue weighted by molar-refractivity contribution is -0.114. The van der Waals surface area contributed by atoms with E-state index < -0.39 is 0 Å². The molecular formula is C22H21FN4O2. The van der Waals surface area contributed by atoms with Gasteiger partial charge in [0.25, 0.3) is 5.91 Å². The smallest absolute Gasteiger partial charge is 0.269 e. The number of amides is 2. The summed E-state index contributed by atoms with van der Waals surface area (Å²) in [6, 6.07) is 16.8. The van der Waals surface area contributed by atoms with Gasteiger partial charge < -0.3 is 16.0 Å². The van der Waals surface area contributed by atoms with Crippen molar-refractivity contribution < 1.29 is 14.0 Å². The maximum atomic E-state index is 12.9. The average Bonchev–Trinajstić information content (AvgIpc) is 2.69. The fourth-order valence-corrected chi connectivity index (χ4v) is 2.74. The van der Waals surface area contributed by atoms with Gasteiger partial charge in [-0.3, -0.25) is 14.6 Å². The van der Waals surface area contributed by atoms with Crippen molar-refractivity contribution in [3.63, 3.8) is 0 Å². The van der Waals surface area contributed by atoms with E-state index in [-0.39, 0.29) is 23.3 Å². The van der Waals surface area contributed by atoms with Crippen molar-refractivity contribution in [2.24, 2.45) is 0 Å². The Morgan fingerprint density at radius 3 is 2.45 bits per heavy atom. The van der Waals surface area contributed by atoms with Gasteiger partial charge in [-0.2, -0.15) is 0 Å². The molecule has 0 aliphatic heterocycles. The van der Waals surface area contributed by atoms with Crippen LogP contribution in [0.4, 0.5) is 21.5 Å². The molecular weight excluding hydrogens is 371 g/mol. The zero-order chi connectivity index (χ0) is 20.6. The highest BCUT2D eigenvalue weighted by molar-refractivity contribution is 5.93. The Bertz CT molecular complexity index is 1010. The Hall–Kier alpha value is -3.74. The molecule has 0 bridgehead atoms. The lowest BCUT2D eigenvalue weighted by atomic mass is 10.1. The topological polar surface area (TPSA) is 83.1 Å². The van der Waals surface area contributed by atoms with Gasteiger partial charge in [0.1, 0.15) is 11.5 Å². The molecule has 7 heteroatoms. The van der Waals surface area contributed by atoms with Crippen LogP contribution >= 0.6 is 0 Å². The van der Waals surface area contributed by atoms with Gasteiger partial charge in [0.15, 0.2) is 0 Å². The number of nitrogens with one attached hydrogen (secondary N) is 3.